The van der Waals surface area contributed by atoms with E-state index in [1.807, 2.05) is 18.2 Å². The van der Waals surface area contributed by atoms with Crippen LogP contribution in [0, 0.1) is 6.92 Å². The summed E-state index contributed by atoms with van der Waals surface area (Å²) in [6.07, 6.45) is 0. The van der Waals surface area contributed by atoms with Crippen molar-refractivity contribution in [2.45, 2.75) is 19.3 Å². The average Bonchev–Trinajstić information content (AvgIpc) is 2.56. The lowest BCUT2D eigenvalue weighted by atomic mass is 9.71. The van der Waals surface area contributed by atoms with Crippen molar-refractivity contribution in [1.29, 1.82) is 0 Å². The van der Waals surface area contributed by atoms with Crippen LogP contribution in [0.15, 0.2) is 78.9 Å². The van der Waals surface area contributed by atoms with E-state index in [-0.39, 0.29) is 5.41 Å². The SMILES string of the molecule is Cc1ccc(C(C)(c2ccccc2)c2ccc(O)cc2)cc1. The second-order valence-electron chi connectivity index (χ2n) is 5.90. The fourth-order valence-corrected chi connectivity index (χ4v) is 2.95. The minimum atomic E-state index is -0.247. The number of aromatic hydroxyl groups is 1. The van der Waals surface area contributed by atoms with E-state index in [1.54, 1.807) is 12.1 Å². The molecule has 1 nitrogen and oxygen atoms in total. The summed E-state index contributed by atoms with van der Waals surface area (Å²) in [7, 11) is 0. The van der Waals surface area contributed by atoms with Crippen molar-refractivity contribution in [2.24, 2.45) is 0 Å². The van der Waals surface area contributed by atoms with Gasteiger partial charge in [-0.15, -0.1) is 0 Å². The molecule has 0 saturated carbocycles. The lowest BCUT2D eigenvalue weighted by Crippen LogP contribution is -2.25. The molecule has 0 aliphatic rings. The summed E-state index contributed by atoms with van der Waals surface area (Å²) in [5, 5.41) is 9.60. The predicted octanol–water partition coefficient (Wildman–Crippen LogP) is 5.05. The van der Waals surface area contributed by atoms with Gasteiger partial charge in [0.15, 0.2) is 0 Å². The maximum Gasteiger partial charge on any atom is 0.115 e. The number of hydrogen-bond donors (Lipinski definition) is 1. The monoisotopic (exact) mass is 288 g/mol. The first-order chi connectivity index (χ1) is 10.6. The summed E-state index contributed by atoms with van der Waals surface area (Å²) in [5.41, 5.74) is 4.66. The van der Waals surface area contributed by atoms with Gasteiger partial charge in [-0.2, -0.15) is 0 Å². The number of phenolic OH excluding ortho intramolecular Hbond substituents is 1. The number of phenols is 1. The smallest absolute Gasteiger partial charge is 0.115 e. The quantitative estimate of drug-likeness (QED) is 0.668. The molecule has 3 aromatic carbocycles. The van der Waals surface area contributed by atoms with Crippen LogP contribution in [0.5, 0.6) is 5.75 Å². The van der Waals surface area contributed by atoms with E-state index in [1.165, 1.54) is 22.3 Å². The van der Waals surface area contributed by atoms with Gasteiger partial charge in [0.1, 0.15) is 5.75 Å². The van der Waals surface area contributed by atoms with E-state index >= 15 is 0 Å². The van der Waals surface area contributed by atoms with Crippen LogP contribution in [0.4, 0.5) is 0 Å². The highest BCUT2D eigenvalue weighted by molar-refractivity contribution is 5.50. The van der Waals surface area contributed by atoms with E-state index < -0.39 is 0 Å². The Morgan fingerprint density at radius 3 is 1.64 bits per heavy atom. The molecule has 0 fully saturated rings. The zero-order chi connectivity index (χ0) is 15.6. The van der Waals surface area contributed by atoms with Gasteiger partial charge < -0.3 is 5.11 Å². The molecule has 1 atom stereocenters. The zero-order valence-corrected chi connectivity index (χ0v) is 13.0. The average molecular weight is 288 g/mol. The lowest BCUT2D eigenvalue weighted by molar-refractivity contribution is 0.474. The third-order valence-electron chi connectivity index (χ3n) is 4.42. The van der Waals surface area contributed by atoms with Gasteiger partial charge in [0, 0.05) is 5.41 Å². The number of hydrogen-bond acceptors (Lipinski definition) is 1. The molecule has 0 aliphatic heterocycles. The van der Waals surface area contributed by atoms with Crippen molar-refractivity contribution in [2.75, 3.05) is 0 Å². The Kier molecular flexibility index (Phi) is 3.72. The fraction of sp³-hybridized carbons (Fsp3) is 0.143. The van der Waals surface area contributed by atoms with E-state index in [4.69, 9.17) is 0 Å². The Balaban J connectivity index is 2.22. The van der Waals surface area contributed by atoms with Crippen LogP contribution in [0.3, 0.4) is 0 Å². The van der Waals surface area contributed by atoms with Crippen LogP contribution in [-0.4, -0.2) is 5.11 Å². The maximum absolute atomic E-state index is 9.60. The largest absolute Gasteiger partial charge is 0.508 e. The second kappa shape index (κ2) is 5.69. The highest BCUT2D eigenvalue weighted by atomic mass is 16.3. The molecule has 0 radical (unpaired) electrons. The van der Waals surface area contributed by atoms with E-state index in [9.17, 15) is 5.11 Å². The van der Waals surface area contributed by atoms with Crippen LogP contribution in [0.2, 0.25) is 0 Å². The zero-order valence-electron chi connectivity index (χ0n) is 13.0. The van der Waals surface area contributed by atoms with Gasteiger partial charge in [-0.05, 0) is 42.7 Å². The predicted molar refractivity (Wildman–Crippen MR) is 91.3 cm³/mol. The second-order valence-corrected chi connectivity index (χ2v) is 5.90. The van der Waals surface area contributed by atoms with Crippen molar-refractivity contribution in [3.05, 3.63) is 101 Å². The molecule has 22 heavy (non-hydrogen) atoms. The highest BCUT2D eigenvalue weighted by Crippen LogP contribution is 2.39. The summed E-state index contributed by atoms with van der Waals surface area (Å²) < 4.78 is 0. The van der Waals surface area contributed by atoms with Crippen molar-refractivity contribution in [3.8, 4) is 5.75 Å². The molecule has 0 aliphatic carbocycles. The Morgan fingerprint density at radius 1 is 0.636 bits per heavy atom. The van der Waals surface area contributed by atoms with Crippen LogP contribution >= 0.6 is 0 Å². The van der Waals surface area contributed by atoms with E-state index in [0.29, 0.717) is 5.75 Å². The Bertz CT molecular complexity index is 695. The summed E-state index contributed by atoms with van der Waals surface area (Å²) in [4.78, 5) is 0. The molecule has 3 aromatic rings. The fourth-order valence-electron chi connectivity index (χ4n) is 2.95. The topological polar surface area (TPSA) is 20.2 Å². The van der Waals surface area contributed by atoms with Gasteiger partial charge in [-0.25, -0.2) is 0 Å². The van der Waals surface area contributed by atoms with Crippen LogP contribution in [-0.2, 0) is 5.41 Å². The van der Waals surface area contributed by atoms with Crippen molar-refractivity contribution in [3.63, 3.8) is 0 Å². The molecule has 3 rings (SSSR count). The van der Waals surface area contributed by atoms with Crippen molar-refractivity contribution in [1.82, 2.24) is 0 Å². The van der Waals surface area contributed by atoms with Crippen LogP contribution in [0.1, 0.15) is 29.2 Å². The Labute approximate surface area is 131 Å². The summed E-state index contributed by atoms with van der Waals surface area (Å²) in [6, 6.07) is 26.7. The van der Waals surface area contributed by atoms with Gasteiger partial charge in [0.05, 0.1) is 0 Å². The van der Waals surface area contributed by atoms with Gasteiger partial charge in [-0.1, -0.05) is 72.3 Å². The number of aryl methyl sites for hydroxylation is 1. The number of rotatable bonds is 3. The van der Waals surface area contributed by atoms with Gasteiger partial charge in [0.2, 0.25) is 0 Å². The molecule has 0 amide bonds. The van der Waals surface area contributed by atoms with Crippen LogP contribution in [0.25, 0.3) is 0 Å². The first-order valence-electron chi connectivity index (χ1n) is 7.53. The highest BCUT2D eigenvalue weighted by Gasteiger charge is 2.30. The third-order valence-corrected chi connectivity index (χ3v) is 4.42. The molecule has 0 bridgehead atoms. The van der Waals surface area contributed by atoms with Crippen LogP contribution < -0.4 is 0 Å². The molecule has 0 spiro atoms. The molecule has 0 heterocycles. The first kappa shape index (κ1) is 14.4. The van der Waals surface area contributed by atoms with Crippen molar-refractivity contribution >= 4 is 0 Å². The lowest BCUT2D eigenvalue weighted by Gasteiger charge is -2.32. The van der Waals surface area contributed by atoms with E-state index in [0.717, 1.165) is 0 Å². The minimum absolute atomic E-state index is 0.247. The Morgan fingerprint density at radius 2 is 1.09 bits per heavy atom. The standard InChI is InChI=1S/C21H20O/c1-16-8-10-18(11-9-16)21(2,17-6-4-3-5-7-17)19-12-14-20(22)15-13-19/h3-15,22H,1-2H3. The molecular formula is C21H20O. The third kappa shape index (κ3) is 2.50. The van der Waals surface area contributed by atoms with Gasteiger partial charge in [0.25, 0.3) is 0 Å². The Hall–Kier alpha value is -2.54. The summed E-state index contributed by atoms with van der Waals surface area (Å²) in [5.74, 6) is 0.295. The minimum Gasteiger partial charge on any atom is -0.508 e. The molecule has 0 aromatic heterocycles. The normalized spacial score (nSPS) is 13.5. The van der Waals surface area contributed by atoms with Crippen molar-refractivity contribution < 1.29 is 5.11 Å². The molecule has 1 heteroatoms. The maximum atomic E-state index is 9.60. The summed E-state index contributed by atoms with van der Waals surface area (Å²) >= 11 is 0. The number of benzene rings is 3. The van der Waals surface area contributed by atoms with Gasteiger partial charge in [-0.3, -0.25) is 0 Å². The molecule has 0 saturated heterocycles. The summed E-state index contributed by atoms with van der Waals surface area (Å²) in [6.45, 7) is 4.34. The molecule has 110 valence electrons. The van der Waals surface area contributed by atoms with Gasteiger partial charge >= 0.3 is 0 Å². The molecule has 1 N–H and O–H groups in total. The van der Waals surface area contributed by atoms with E-state index in [2.05, 4.69) is 62.4 Å². The molecular weight excluding hydrogens is 268 g/mol. The molecule has 1 unspecified atom stereocenters. The first-order valence-corrected chi connectivity index (χ1v) is 7.53.